The first-order valence-electron chi connectivity index (χ1n) is 8.88. The van der Waals surface area contributed by atoms with Crippen molar-refractivity contribution in [2.45, 2.75) is 18.2 Å². The number of phenolic OH excluding ortho intramolecular Hbond substituents is 1. The van der Waals surface area contributed by atoms with Gasteiger partial charge in [-0.2, -0.15) is 0 Å². The van der Waals surface area contributed by atoms with E-state index >= 15 is 0 Å². The van der Waals surface area contributed by atoms with E-state index in [-0.39, 0.29) is 23.5 Å². The van der Waals surface area contributed by atoms with Crippen molar-refractivity contribution in [3.05, 3.63) is 54.4 Å². The summed E-state index contributed by atoms with van der Waals surface area (Å²) in [6.07, 6.45) is -0.362. The molecule has 0 aliphatic carbocycles. The van der Waals surface area contributed by atoms with Crippen LogP contribution in [0.5, 0.6) is 17.2 Å². The van der Waals surface area contributed by atoms with Crippen LogP contribution in [-0.2, 0) is 11.8 Å². The van der Waals surface area contributed by atoms with Gasteiger partial charge in [0.1, 0.15) is 5.75 Å². The summed E-state index contributed by atoms with van der Waals surface area (Å²) >= 11 is 1.27. The lowest BCUT2D eigenvalue weighted by Gasteiger charge is -2.16. The molecule has 1 heterocycles. The lowest BCUT2D eigenvalue weighted by molar-refractivity contribution is -0.113. The summed E-state index contributed by atoms with van der Waals surface area (Å²) in [5.41, 5.74) is 0.535. The van der Waals surface area contributed by atoms with Gasteiger partial charge in [-0.1, -0.05) is 30.0 Å². The number of hydrogen-bond acceptors (Lipinski definition) is 7. The number of hydrogen-bond donors (Lipinski definition) is 2. The minimum Gasteiger partial charge on any atom is -0.508 e. The van der Waals surface area contributed by atoms with E-state index in [4.69, 9.17) is 9.47 Å². The average molecular weight is 414 g/mol. The fourth-order valence-corrected chi connectivity index (χ4v) is 3.39. The van der Waals surface area contributed by atoms with Crippen LogP contribution < -0.4 is 14.8 Å². The third kappa shape index (κ3) is 5.20. The smallest absolute Gasteiger partial charge is 0.234 e. The summed E-state index contributed by atoms with van der Waals surface area (Å²) in [4.78, 5) is 12.2. The van der Waals surface area contributed by atoms with Crippen molar-refractivity contribution in [3.63, 3.8) is 0 Å². The number of phenols is 1. The normalized spacial score (nSPS) is 11.7. The molecule has 3 rings (SSSR count). The third-order valence-electron chi connectivity index (χ3n) is 4.07. The van der Waals surface area contributed by atoms with E-state index in [9.17, 15) is 9.90 Å². The molecule has 0 aliphatic rings. The molecule has 8 nitrogen and oxygen atoms in total. The van der Waals surface area contributed by atoms with Crippen LogP contribution in [0.4, 0.5) is 5.69 Å². The third-order valence-corrected chi connectivity index (χ3v) is 5.09. The Labute approximate surface area is 172 Å². The van der Waals surface area contributed by atoms with Crippen LogP contribution in [0.15, 0.2) is 53.7 Å². The molecule has 9 heteroatoms. The molecule has 0 saturated heterocycles. The number of nitrogens with zero attached hydrogens (tertiary/aromatic N) is 3. The zero-order valence-corrected chi connectivity index (χ0v) is 17.1. The highest BCUT2D eigenvalue weighted by Gasteiger charge is 2.19. The van der Waals surface area contributed by atoms with E-state index in [0.29, 0.717) is 28.2 Å². The number of aromatic nitrogens is 3. The monoisotopic (exact) mass is 414 g/mol. The lowest BCUT2D eigenvalue weighted by atomic mass is 10.3. The van der Waals surface area contributed by atoms with E-state index in [1.807, 2.05) is 38.2 Å². The number of ether oxygens (including phenoxy) is 2. The number of aromatic hydroxyl groups is 1. The van der Waals surface area contributed by atoms with Crippen LogP contribution in [0.1, 0.15) is 18.9 Å². The van der Waals surface area contributed by atoms with E-state index in [1.54, 1.807) is 29.9 Å². The van der Waals surface area contributed by atoms with Gasteiger partial charge in [0, 0.05) is 18.8 Å². The highest BCUT2D eigenvalue weighted by atomic mass is 32.2. The van der Waals surface area contributed by atoms with Crippen molar-refractivity contribution in [2.24, 2.45) is 7.05 Å². The molecule has 0 fully saturated rings. The Morgan fingerprint density at radius 2 is 1.97 bits per heavy atom. The van der Waals surface area contributed by atoms with Crippen LogP contribution >= 0.6 is 11.8 Å². The molecule has 0 radical (unpaired) electrons. The Kier molecular flexibility index (Phi) is 6.61. The fourth-order valence-electron chi connectivity index (χ4n) is 2.68. The Morgan fingerprint density at radius 3 is 2.69 bits per heavy atom. The number of nitrogens with one attached hydrogen (secondary N) is 1. The second-order valence-electron chi connectivity index (χ2n) is 6.20. The predicted molar refractivity (Wildman–Crippen MR) is 111 cm³/mol. The van der Waals surface area contributed by atoms with Crippen molar-refractivity contribution >= 4 is 23.4 Å². The van der Waals surface area contributed by atoms with Crippen molar-refractivity contribution in [2.75, 3.05) is 18.2 Å². The highest BCUT2D eigenvalue weighted by Crippen LogP contribution is 2.30. The first kappa shape index (κ1) is 20.5. The van der Waals surface area contributed by atoms with E-state index < -0.39 is 0 Å². The molecule has 0 bridgehead atoms. The maximum Gasteiger partial charge on any atom is 0.234 e. The topological polar surface area (TPSA) is 98.5 Å². The van der Waals surface area contributed by atoms with Crippen molar-refractivity contribution in [1.82, 2.24) is 14.8 Å². The highest BCUT2D eigenvalue weighted by molar-refractivity contribution is 7.99. The molecule has 29 heavy (non-hydrogen) atoms. The van der Waals surface area contributed by atoms with E-state index in [1.165, 1.54) is 17.8 Å². The zero-order chi connectivity index (χ0) is 20.8. The number of para-hydroxylation sites is 2. The number of benzene rings is 2. The molecule has 0 spiro atoms. The SMILES string of the molecule is COc1ccccc1OC(C)c1nnc(SCC(=O)Nc2cccc(O)c2)n1C. The van der Waals surface area contributed by atoms with Crippen LogP contribution in [0.2, 0.25) is 0 Å². The quantitative estimate of drug-likeness (QED) is 0.545. The molecular formula is C20H22N4O4S. The number of thioether (sulfide) groups is 1. The average Bonchev–Trinajstić information content (AvgIpc) is 3.07. The lowest BCUT2D eigenvalue weighted by Crippen LogP contribution is -2.14. The number of rotatable bonds is 8. The molecule has 0 saturated carbocycles. The maximum atomic E-state index is 12.2. The largest absolute Gasteiger partial charge is 0.508 e. The van der Waals surface area contributed by atoms with Gasteiger partial charge in [-0.3, -0.25) is 4.79 Å². The second-order valence-corrected chi connectivity index (χ2v) is 7.14. The standard InChI is InChI=1S/C20H22N4O4S/c1-13(28-17-10-5-4-9-16(17)27-3)19-22-23-20(24(19)2)29-12-18(26)21-14-7-6-8-15(25)11-14/h4-11,13,25H,12H2,1-3H3,(H,21,26). The van der Waals surface area contributed by atoms with E-state index in [2.05, 4.69) is 15.5 Å². The Bertz CT molecular complexity index is 992. The van der Waals surface area contributed by atoms with Gasteiger partial charge >= 0.3 is 0 Å². The Morgan fingerprint density at radius 1 is 1.21 bits per heavy atom. The summed E-state index contributed by atoms with van der Waals surface area (Å²) in [5.74, 6) is 1.93. The zero-order valence-electron chi connectivity index (χ0n) is 16.3. The minimum absolute atomic E-state index is 0.0948. The molecule has 1 aromatic heterocycles. The number of methoxy groups -OCH3 is 1. The van der Waals surface area contributed by atoms with Gasteiger partial charge in [-0.15, -0.1) is 10.2 Å². The fraction of sp³-hybridized carbons (Fsp3) is 0.250. The summed E-state index contributed by atoms with van der Waals surface area (Å²) in [6.45, 7) is 1.87. The minimum atomic E-state index is -0.362. The second kappa shape index (κ2) is 9.33. The van der Waals surface area contributed by atoms with Crippen molar-refractivity contribution in [3.8, 4) is 17.2 Å². The van der Waals surface area contributed by atoms with Crippen molar-refractivity contribution < 1.29 is 19.4 Å². The first-order valence-corrected chi connectivity index (χ1v) is 9.87. The van der Waals surface area contributed by atoms with Gasteiger partial charge in [-0.25, -0.2) is 0 Å². The molecule has 152 valence electrons. The van der Waals surface area contributed by atoms with Gasteiger partial charge in [0.25, 0.3) is 0 Å². The van der Waals surface area contributed by atoms with Crippen LogP contribution in [0.25, 0.3) is 0 Å². The van der Waals surface area contributed by atoms with Crippen LogP contribution in [0, 0.1) is 0 Å². The molecule has 1 atom stereocenters. The molecule has 2 aromatic carbocycles. The molecule has 1 unspecified atom stereocenters. The van der Waals surface area contributed by atoms with Gasteiger partial charge in [0.2, 0.25) is 5.91 Å². The molecule has 1 amide bonds. The number of amides is 1. The molecule has 0 aliphatic heterocycles. The van der Waals surface area contributed by atoms with Crippen molar-refractivity contribution in [1.29, 1.82) is 0 Å². The maximum absolute atomic E-state index is 12.2. The van der Waals surface area contributed by atoms with Crippen LogP contribution in [-0.4, -0.2) is 38.6 Å². The number of carbonyl (C=O) groups is 1. The number of anilines is 1. The molecular weight excluding hydrogens is 392 g/mol. The Balaban J connectivity index is 1.60. The summed E-state index contributed by atoms with van der Waals surface area (Å²) < 4.78 is 13.1. The predicted octanol–water partition coefficient (Wildman–Crippen LogP) is 3.40. The molecule has 2 N–H and O–H groups in total. The van der Waals surface area contributed by atoms with Gasteiger partial charge in [0.05, 0.1) is 12.9 Å². The van der Waals surface area contributed by atoms with E-state index in [0.717, 1.165) is 0 Å². The first-order chi connectivity index (χ1) is 14.0. The van der Waals surface area contributed by atoms with Gasteiger partial charge < -0.3 is 24.5 Å². The summed E-state index contributed by atoms with van der Waals surface area (Å²) in [6, 6.07) is 13.8. The molecule has 3 aromatic rings. The number of carbonyl (C=O) groups excluding carboxylic acids is 1. The summed E-state index contributed by atoms with van der Waals surface area (Å²) in [7, 11) is 3.42. The van der Waals surface area contributed by atoms with Gasteiger partial charge in [-0.05, 0) is 31.2 Å². The summed E-state index contributed by atoms with van der Waals surface area (Å²) in [5, 5.41) is 21.2. The van der Waals surface area contributed by atoms with Crippen LogP contribution in [0.3, 0.4) is 0 Å². The Hall–Kier alpha value is -3.20. The van der Waals surface area contributed by atoms with Gasteiger partial charge in [0.15, 0.2) is 28.6 Å².